The van der Waals surface area contributed by atoms with Gasteiger partial charge >= 0.3 is 5.97 Å². The van der Waals surface area contributed by atoms with Crippen LogP contribution in [0.1, 0.15) is 33.1 Å². The SMILES string of the molecule is CCOC(=O)CNC(C)CCCCO. The van der Waals surface area contributed by atoms with E-state index in [0.29, 0.717) is 12.6 Å². The van der Waals surface area contributed by atoms with Gasteiger partial charge < -0.3 is 15.2 Å². The number of esters is 1. The van der Waals surface area contributed by atoms with Crippen molar-refractivity contribution in [3.8, 4) is 0 Å². The average molecular weight is 203 g/mol. The molecule has 0 aromatic heterocycles. The molecule has 4 nitrogen and oxygen atoms in total. The van der Waals surface area contributed by atoms with Crippen molar-refractivity contribution in [3.05, 3.63) is 0 Å². The smallest absolute Gasteiger partial charge is 0.319 e. The van der Waals surface area contributed by atoms with Crippen molar-refractivity contribution in [2.24, 2.45) is 0 Å². The van der Waals surface area contributed by atoms with E-state index in [1.54, 1.807) is 6.92 Å². The molecule has 0 aliphatic heterocycles. The minimum atomic E-state index is -0.207. The lowest BCUT2D eigenvalue weighted by molar-refractivity contribution is -0.142. The Morgan fingerprint density at radius 2 is 2.21 bits per heavy atom. The minimum absolute atomic E-state index is 0.207. The Morgan fingerprint density at radius 1 is 1.50 bits per heavy atom. The molecule has 4 heteroatoms. The van der Waals surface area contributed by atoms with Crippen molar-refractivity contribution in [3.63, 3.8) is 0 Å². The molecule has 0 aromatic rings. The monoisotopic (exact) mass is 203 g/mol. The molecule has 0 fully saturated rings. The fourth-order valence-corrected chi connectivity index (χ4v) is 1.13. The van der Waals surface area contributed by atoms with Crippen molar-refractivity contribution in [2.45, 2.75) is 39.2 Å². The number of nitrogens with one attached hydrogen (secondary N) is 1. The van der Waals surface area contributed by atoms with Gasteiger partial charge in [0.25, 0.3) is 0 Å². The molecule has 0 aliphatic rings. The fraction of sp³-hybridized carbons (Fsp3) is 0.900. The van der Waals surface area contributed by atoms with Crippen molar-refractivity contribution in [1.29, 1.82) is 0 Å². The van der Waals surface area contributed by atoms with E-state index in [-0.39, 0.29) is 19.1 Å². The van der Waals surface area contributed by atoms with E-state index in [1.165, 1.54) is 0 Å². The first kappa shape index (κ1) is 13.4. The molecule has 0 bridgehead atoms. The van der Waals surface area contributed by atoms with Gasteiger partial charge in [-0.25, -0.2) is 0 Å². The maximum Gasteiger partial charge on any atom is 0.319 e. The summed E-state index contributed by atoms with van der Waals surface area (Å²) < 4.78 is 4.78. The maximum absolute atomic E-state index is 11.0. The Kier molecular flexibility index (Phi) is 8.57. The van der Waals surface area contributed by atoms with Crippen LogP contribution in [0.15, 0.2) is 0 Å². The molecule has 0 radical (unpaired) electrons. The Bertz CT molecular complexity index is 150. The second-order valence-corrected chi connectivity index (χ2v) is 3.31. The topological polar surface area (TPSA) is 58.6 Å². The number of hydrogen-bond donors (Lipinski definition) is 2. The fourth-order valence-electron chi connectivity index (χ4n) is 1.13. The normalized spacial score (nSPS) is 12.5. The quantitative estimate of drug-likeness (QED) is 0.450. The number of ether oxygens (including phenoxy) is 1. The molecule has 1 atom stereocenters. The molecule has 0 saturated carbocycles. The predicted octanol–water partition coefficient (Wildman–Crippen LogP) is 0.690. The van der Waals surface area contributed by atoms with E-state index in [1.807, 2.05) is 6.92 Å². The Balaban J connectivity index is 3.33. The second kappa shape index (κ2) is 8.97. The first-order valence-electron chi connectivity index (χ1n) is 5.20. The summed E-state index contributed by atoms with van der Waals surface area (Å²) in [7, 11) is 0. The summed E-state index contributed by atoms with van der Waals surface area (Å²) in [5, 5.41) is 11.6. The molecule has 84 valence electrons. The average Bonchev–Trinajstić information content (AvgIpc) is 2.16. The number of aliphatic hydroxyl groups is 1. The molecule has 0 aliphatic carbocycles. The van der Waals surface area contributed by atoms with Crippen molar-refractivity contribution in [2.75, 3.05) is 19.8 Å². The molecular weight excluding hydrogens is 182 g/mol. The molecule has 0 amide bonds. The molecule has 14 heavy (non-hydrogen) atoms. The van der Waals surface area contributed by atoms with E-state index in [2.05, 4.69) is 5.32 Å². The van der Waals surface area contributed by atoms with Crippen LogP contribution in [-0.2, 0) is 9.53 Å². The zero-order valence-electron chi connectivity index (χ0n) is 9.08. The lowest BCUT2D eigenvalue weighted by atomic mass is 10.1. The van der Waals surface area contributed by atoms with Gasteiger partial charge in [-0.05, 0) is 33.1 Å². The van der Waals surface area contributed by atoms with E-state index in [4.69, 9.17) is 9.84 Å². The summed E-state index contributed by atoms with van der Waals surface area (Å²) in [6, 6.07) is 0.297. The molecule has 2 N–H and O–H groups in total. The van der Waals surface area contributed by atoms with Gasteiger partial charge in [-0.1, -0.05) is 0 Å². The molecule has 0 rings (SSSR count). The summed E-state index contributed by atoms with van der Waals surface area (Å²) in [4.78, 5) is 11.0. The third-order valence-corrected chi connectivity index (χ3v) is 1.95. The summed E-state index contributed by atoms with van der Waals surface area (Å²) in [5.74, 6) is -0.207. The van der Waals surface area contributed by atoms with Gasteiger partial charge in [-0.15, -0.1) is 0 Å². The van der Waals surface area contributed by atoms with Crippen LogP contribution in [0, 0.1) is 0 Å². The first-order chi connectivity index (χ1) is 6.70. The van der Waals surface area contributed by atoms with E-state index in [0.717, 1.165) is 19.3 Å². The summed E-state index contributed by atoms with van der Waals surface area (Å²) in [5.41, 5.74) is 0. The maximum atomic E-state index is 11.0. The molecular formula is C10H21NO3. The molecule has 0 aromatic carbocycles. The van der Waals surface area contributed by atoms with E-state index in [9.17, 15) is 4.79 Å². The first-order valence-corrected chi connectivity index (χ1v) is 5.20. The van der Waals surface area contributed by atoms with Gasteiger partial charge in [0.2, 0.25) is 0 Å². The predicted molar refractivity (Wildman–Crippen MR) is 55.0 cm³/mol. The zero-order valence-corrected chi connectivity index (χ0v) is 9.08. The summed E-state index contributed by atoms with van der Waals surface area (Å²) in [6.07, 6.45) is 2.78. The number of carbonyl (C=O) groups is 1. The number of aliphatic hydroxyl groups excluding tert-OH is 1. The van der Waals surface area contributed by atoms with Crippen LogP contribution >= 0.6 is 0 Å². The summed E-state index contributed by atoms with van der Waals surface area (Å²) in [6.45, 7) is 4.76. The third-order valence-electron chi connectivity index (χ3n) is 1.95. The molecule has 0 spiro atoms. The van der Waals surface area contributed by atoms with Gasteiger partial charge in [0.15, 0.2) is 0 Å². The van der Waals surface area contributed by atoms with Gasteiger partial charge in [0.05, 0.1) is 13.2 Å². The van der Waals surface area contributed by atoms with Crippen LogP contribution < -0.4 is 5.32 Å². The number of hydrogen-bond acceptors (Lipinski definition) is 4. The van der Waals surface area contributed by atoms with Crippen LogP contribution in [-0.4, -0.2) is 36.9 Å². The van der Waals surface area contributed by atoms with Crippen LogP contribution in [0.4, 0.5) is 0 Å². The Hall–Kier alpha value is -0.610. The van der Waals surface area contributed by atoms with Gasteiger partial charge in [0.1, 0.15) is 0 Å². The van der Waals surface area contributed by atoms with Crippen LogP contribution in [0.25, 0.3) is 0 Å². The van der Waals surface area contributed by atoms with Crippen LogP contribution in [0.3, 0.4) is 0 Å². The van der Waals surface area contributed by atoms with Crippen molar-refractivity contribution < 1.29 is 14.6 Å². The van der Waals surface area contributed by atoms with Crippen LogP contribution in [0.2, 0.25) is 0 Å². The largest absolute Gasteiger partial charge is 0.465 e. The lowest BCUT2D eigenvalue weighted by Gasteiger charge is -2.12. The lowest BCUT2D eigenvalue weighted by Crippen LogP contribution is -2.32. The minimum Gasteiger partial charge on any atom is -0.465 e. The molecule has 0 heterocycles. The standard InChI is InChI=1S/C10H21NO3/c1-3-14-10(13)8-11-9(2)6-4-5-7-12/h9,11-12H,3-8H2,1-2H3. The van der Waals surface area contributed by atoms with Gasteiger partial charge in [-0.3, -0.25) is 4.79 Å². The van der Waals surface area contributed by atoms with Crippen molar-refractivity contribution >= 4 is 5.97 Å². The Labute approximate surface area is 85.6 Å². The highest BCUT2D eigenvalue weighted by Gasteiger charge is 2.05. The number of carbonyl (C=O) groups excluding carboxylic acids is 1. The van der Waals surface area contributed by atoms with Crippen molar-refractivity contribution in [1.82, 2.24) is 5.32 Å². The third kappa shape index (κ3) is 8.01. The highest BCUT2D eigenvalue weighted by Crippen LogP contribution is 1.99. The Morgan fingerprint density at radius 3 is 2.79 bits per heavy atom. The molecule has 0 saturated heterocycles. The number of unbranched alkanes of at least 4 members (excludes halogenated alkanes) is 1. The molecule has 1 unspecified atom stereocenters. The number of rotatable bonds is 8. The zero-order chi connectivity index (χ0) is 10.8. The van der Waals surface area contributed by atoms with Gasteiger partial charge in [-0.2, -0.15) is 0 Å². The van der Waals surface area contributed by atoms with E-state index < -0.39 is 0 Å². The highest BCUT2D eigenvalue weighted by atomic mass is 16.5. The highest BCUT2D eigenvalue weighted by molar-refractivity contribution is 5.71. The van der Waals surface area contributed by atoms with E-state index >= 15 is 0 Å². The van der Waals surface area contributed by atoms with Gasteiger partial charge in [0, 0.05) is 12.6 Å². The van der Waals surface area contributed by atoms with Crippen LogP contribution in [0.5, 0.6) is 0 Å². The second-order valence-electron chi connectivity index (χ2n) is 3.31. The summed E-state index contributed by atoms with van der Waals surface area (Å²) >= 11 is 0.